The molecule has 0 aliphatic carbocycles. The molecule has 0 radical (unpaired) electrons. The van der Waals surface area contributed by atoms with Gasteiger partial charge in [0.15, 0.2) is 0 Å². The highest BCUT2D eigenvalue weighted by Crippen LogP contribution is 2.36. The van der Waals surface area contributed by atoms with Crippen LogP contribution in [0.15, 0.2) is 116 Å². The molecule has 2 amide bonds. The number of carbonyl (C=O) groups is 3. The standard InChI is InChI=1S/C53H51F2N7O6/c1-7-66-48-24-36(15-16-45(48)34-11-9-13-42(54)19-34)52(64)61(5)30-40-18-33(17-37-26-56-58-50(37)40)28-60(4)29-39-23-46(35-12-10-14-43(55)20-35)49(67-8-2)25-47(39)53(65)62(6)31-41-22-44(68-32(3)63)21-38-27-57-59-51(38)41/h9-27H,7-8,28-31H2,1-6H3,(H,56,58)(H,57,59). The van der Waals surface area contributed by atoms with Gasteiger partial charge in [-0.15, -0.1) is 0 Å². The van der Waals surface area contributed by atoms with Crippen molar-refractivity contribution in [2.75, 3.05) is 34.4 Å². The van der Waals surface area contributed by atoms with E-state index >= 15 is 0 Å². The van der Waals surface area contributed by atoms with Gasteiger partial charge >= 0.3 is 5.97 Å². The van der Waals surface area contributed by atoms with Crippen LogP contribution in [-0.2, 0) is 31.0 Å². The van der Waals surface area contributed by atoms with E-state index in [0.29, 0.717) is 93.6 Å². The number of H-pyrrole nitrogens is 2. The molecule has 0 aliphatic rings. The molecular formula is C53H51F2N7O6. The molecule has 15 heteroatoms. The Bertz CT molecular complexity index is 3170. The number of aromatic amines is 2. The zero-order chi connectivity index (χ0) is 48.1. The van der Waals surface area contributed by atoms with Crippen molar-refractivity contribution in [3.8, 4) is 39.5 Å². The lowest BCUT2D eigenvalue weighted by Crippen LogP contribution is -2.29. The Morgan fingerprint density at radius 1 is 0.603 bits per heavy atom. The summed E-state index contributed by atoms with van der Waals surface area (Å²) in [5.74, 6) is -0.527. The fourth-order valence-corrected chi connectivity index (χ4v) is 8.54. The molecule has 0 spiro atoms. The van der Waals surface area contributed by atoms with Gasteiger partial charge in [-0.05, 0) is 122 Å². The van der Waals surface area contributed by atoms with Crippen LogP contribution in [-0.4, -0.2) is 87.2 Å². The van der Waals surface area contributed by atoms with Gasteiger partial charge in [0.1, 0.15) is 28.9 Å². The topological polar surface area (TPSA) is 146 Å². The minimum atomic E-state index is -0.471. The third kappa shape index (κ3) is 10.4. The molecule has 13 nitrogen and oxygen atoms in total. The van der Waals surface area contributed by atoms with E-state index < -0.39 is 11.8 Å². The first kappa shape index (κ1) is 46.6. The van der Waals surface area contributed by atoms with Crippen LogP contribution in [0.1, 0.15) is 63.7 Å². The number of amides is 2. The van der Waals surface area contributed by atoms with Gasteiger partial charge in [-0.1, -0.05) is 30.3 Å². The number of ether oxygens (including phenoxy) is 3. The summed E-state index contributed by atoms with van der Waals surface area (Å²) >= 11 is 0. The second-order valence-electron chi connectivity index (χ2n) is 16.7. The third-order valence-corrected chi connectivity index (χ3v) is 11.5. The normalized spacial score (nSPS) is 11.3. The second kappa shape index (κ2) is 20.3. The maximum Gasteiger partial charge on any atom is 0.308 e. The molecule has 2 N–H and O–H groups in total. The average molecular weight is 920 g/mol. The summed E-state index contributed by atoms with van der Waals surface area (Å²) in [6.45, 7) is 6.85. The van der Waals surface area contributed by atoms with Crippen molar-refractivity contribution in [1.82, 2.24) is 35.1 Å². The van der Waals surface area contributed by atoms with E-state index in [0.717, 1.165) is 27.4 Å². The Morgan fingerprint density at radius 2 is 1.19 bits per heavy atom. The highest BCUT2D eigenvalue weighted by molar-refractivity contribution is 5.98. The van der Waals surface area contributed by atoms with Crippen molar-refractivity contribution in [3.05, 3.63) is 161 Å². The number of esters is 1. The summed E-state index contributed by atoms with van der Waals surface area (Å²) < 4.78 is 46.3. The number of benzene rings is 6. The number of halogens is 2. The average Bonchev–Trinajstić information content (AvgIpc) is 3.99. The van der Waals surface area contributed by atoms with E-state index in [4.69, 9.17) is 14.2 Å². The second-order valence-corrected chi connectivity index (χ2v) is 16.7. The first-order valence-corrected chi connectivity index (χ1v) is 22.2. The van der Waals surface area contributed by atoms with Crippen molar-refractivity contribution >= 4 is 39.6 Å². The molecule has 0 bridgehead atoms. The van der Waals surface area contributed by atoms with Gasteiger partial charge in [-0.3, -0.25) is 29.5 Å². The quantitative estimate of drug-likeness (QED) is 0.0673. The summed E-state index contributed by atoms with van der Waals surface area (Å²) in [7, 11) is 5.38. The molecule has 8 rings (SSSR count). The number of nitrogens with zero attached hydrogens (tertiary/aromatic N) is 5. The largest absolute Gasteiger partial charge is 0.493 e. The summed E-state index contributed by atoms with van der Waals surface area (Å²) in [4.78, 5) is 45.8. The summed E-state index contributed by atoms with van der Waals surface area (Å²) in [5, 5.41) is 16.2. The zero-order valence-electron chi connectivity index (χ0n) is 38.7. The predicted molar refractivity (Wildman–Crippen MR) is 256 cm³/mol. The van der Waals surface area contributed by atoms with E-state index in [2.05, 4.69) is 25.3 Å². The maximum atomic E-state index is 14.7. The molecule has 0 saturated heterocycles. The smallest absolute Gasteiger partial charge is 0.308 e. The maximum absolute atomic E-state index is 14.7. The Kier molecular flexibility index (Phi) is 13.9. The highest BCUT2D eigenvalue weighted by Gasteiger charge is 2.24. The molecule has 0 saturated carbocycles. The van der Waals surface area contributed by atoms with Crippen LogP contribution < -0.4 is 14.2 Å². The van der Waals surface area contributed by atoms with Crippen LogP contribution >= 0.6 is 0 Å². The molecule has 348 valence electrons. The van der Waals surface area contributed by atoms with Crippen LogP contribution in [0.4, 0.5) is 8.78 Å². The molecule has 0 fully saturated rings. The Balaban J connectivity index is 1.08. The van der Waals surface area contributed by atoms with Crippen molar-refractivity contribution < 1.29 is 37.4 Å². The number of hydrogen-bond acceptors (Lipinski definition) is 9. The van der Waals surface area contributed by atoms with Crippen molar-refractivity contribution in [1.29, 1.82) is 0 Å². The Morgan fingerprint density at radius 3 is 1.81 bits per heavy atom. The van der Waals surface area contributed by atoms with Crippen LogP contribution in [0.3, 0.4) is 0 Å². The molecule has 2 aromatic heterocycles. The van der Waals surface area contributed by atoms with Gasteiger partial charge < -0.3 is 24.0 Å². The van der Waals surface area contributed by atoms with E-state index in [9.17, 15) is 23.2 Å². The number of carbonyl (C=O) groups excluding carboxylic acids is 3. The SMILES string of the molecule is CCOc1cc(C(=O)N(C)Cc2cc(CN(C)Cc3cc(-c4cccc(F)c4)c(OCC)cc3C(=O)N(C)Cc3cc(OC(C)=O)cc4cn[nH]c34)cc3cn[nH]c23)ccc1-c1cccc(F)c1. The lowest BCUT2D eigenvalue weighted by Gasteiger charge is -2.25. The molecule has 2 heterocycles. The van der Waals surface area contributed by atoms with Crippen LogP contribution in [0.5, 0.6) is 17.2 Å². The fourth-order valence-electron chi connectivity index (χ4n) is 8.54. The Hall–Kier alpha value is -7.91. The monoisotopic (exact) mass is 919 g/mol. The summed E-state index contributed by atoms with van der Waals surface area (Å²) in [6.07, 6.45) is 3.37. The number of fused-ring (bicyclic) bond motifs is 2. The van der Waals surface area contributed by atoms with Gasteiger partial charge in [0.2, 0.25) is 0 Å². The molecule has 8 aromatic rings. The van der Waals surface area contributed by atoms with Gasteiger partial charge in [0, 0.05) is 85.8 Å². The molecule has 0 unspecified atom stereocenters. The zero-order valence-corrected chi connectivity index (χ0v) is 38.7. The van der Waals surface area contributed by atoms with Crippen LogP contribution in [0, 0.1) is 11.6 Å². The first-order valence-electron chi connectivity index (χ1n) is 22.2. The van der Waals surface area contributed by atoms with E-state index in [1.807, 2.05) is 39.1 Å². The van der Waals surface area contributed by atoms with E-state index in [1.165, 1.54) is 31.2 Å². The highest BCUT2D eigenvalue weighted by atomic mass is 19.1. The van der Waals surface area contributed by atoms with Crippen LogP contribution in [0.2, 0.25) is 0 Å². The van der Waals surface area contributed by atoms with Gasteiger partial charge in [-0.25, -0.2) is 8.78 Å². The minimum Gasteiger partial charge on any atom is -0.493 e. The predicted octanol–water partition coefficient (Wildman–Crippen LogP) is 9.95. The minimum absolute atomic E-state index is 0.149. The lowest BCUT2D eigenvalue weighted by atomic mass is 9.96. The molecule has 6 aromatic carbocycles. The van der Waals surface area contributed by atoms with Crippen molar-refractivity contribution in [3.63, 3.8) is 0 Å². The van der Waals surface area contributed by atoms with E-state index in [1.54, 1.807) is 97.0 Å². The van der Waals surface area contributed by atoms with Crippen molar-refractivity contribution in [2.24, 2.45) is 0 Å². The van der Waals surface area contributed by atoms with Crippen molar-refractivity contribution in [2.45, 2.75) is 47.0 Å². The van der Waals surface area contributed by atoms with Gasteiger partial charge in [-0.2, -0.15) is 10.2 Å². The number of aromatic nitrogens is 4. The number of rotatable bonds is 17. The van der Waals surface area contributed by atoms with Crippen LogP contribution in [0.25, 0.3) is 44.1 Å². The fraction of sp³-hybridized carbons (Fsp3) is 0.226. The first-order chi connectivity index (χ1) is 32.8. The molecule has 0 atom stereocenters. The molecule has 0 aliphatic heterocycles. The molecule has 68 heavy (non-hydrogen) atoms. The van der Waals surface area contributed by atoms with Gasteiger partial charge in [0.25, 0.3) is 11.8 Å². The number of nitrogens with one attached hydrogen (secondary N) is 2. The summed E-state index contributed by atoms with van der Waals surface area (Å²) in [5.41, 5.74) is 8.01. The van der Waals surface area contributed by atoms with E-state index in [-0.39, 0.29) is 30.7 Å². The lowest BCUT2D eigenvalue weighted by molar-refractivity contribution is -0.131. The van der Waals surface area contributed by atoms with Gasteiger partial charge in [0.05, 0.1) is 36.6 Å². The molecular weight excluding hydrogens is 869 g/mol. The number of hydrogen-bond donors (Lipinski definition) is 2. The Labute approximate surface area is 392 Å². The third-order valence-electron chi connectivity index (χ3n) is 11.5. The summed E-state index contributed by atoms with van der Waals surface area (Å²) in [6, 6.07) is 28.8.